The van der Waals surface area contributed by atoms with Gasteiger partial charge in [-0.3, -0.25) is 0 Å². The van der Waals surface area contributed by atoms with Crippen molar-refractivity contribution in [2.45, 2.75) is 50.5 Å². The van der Waals surface area contributed by atoms with E-state index in [2.05, 4.69) is 95.5 Å². The molecule has 158 valence electrons. The summed E-state index contributed by atoms with van der Waals surface area (Å²) in [6.07, 6.45) is 2.44. The molecule has 0 unspecified atom stereocenters. The van der Waals surface area contributed by atoms with Crippen LogP contribution in [0.2, 0.25) is 0 Å². The van der Waals surface area contributed by atoms with E-state index in [1.54, 1.807) is 0 Å². The van der Waals surface area contributed by atoms with Crippen LogP contribution in [0.1, 0.15) is 50.3 Å². The minimum Gasteiger partial charge on any atom is -0.466 e. The standard InChI is InChI=1S/C26H25BrN2O2/c1-25(2)16-26(12-13-30-25)29-23(21-14-18(27)10-11-24(21)31-26)15-22(28-29)20-9-5-7-17-6-3-4-8-19(17)20/h3-11,14,23H,12-13,15-16H2,1-2H3/t23-,26+/m1/s1. The molecule has 3 aliphatic rings. The van der Waals surface area contributed by atoms with Gasteiger partial charge in [-0.1, -0.05) is 58.4 Å². The number of fused-ring (bicyclic) bond motifs is 5. The van der Waals surface area contributed by atoms with Crippen LogP contribution in [0.4, 0.5) is 0 Å². The molecule has 1 spiro atoms. The van der Waals surface area contributed by atoms with Gasteiger partial charge in [-0.25, -0.2) is 5.01 Å². The van der Waals surface area contributed by atoms with Gasteiger partial charge in [-0.15, -0.1) is 0 Å². The number of benzene rings is 3. The molecule has 5 heteroatoms. The predicted octanol–water partition coefficient (Wildman–Crippen LogP) is 6.43. The first kappa shape index (κ1) is 19.3. The molecular weight excluding hydrogens is 452 g/mol. The van der Waals surface area contributed by atoms with Crippen molar-refractivity contribution in [3.05, 3.63) is 76.3 Å². The van der Waals surface area contributed by atoms with Gasteiger partial charge < -0.3 is 9.47 Å². The van der Waals surface area contributed by atoms with E-state index in [0.717, 1.165) is 35.2 Å². The molecule has 3 heterocycles. The number of rotatable bonds is 1. The lowest BCUT2D eigenvalue weighted by Gasteiger charge is -2.52. The van der Waals surface area contributed by atoms with Crippen LogP contribution in [0.15, 0.2) is 70.2 Å². The van der Waals surface area contributed by atoms with Crippen LogP contribution in [0.25, 0.3) is 10.8 Å². The van der Waals surface area contributed by atoms with E-state index < -0.39 is 5.72 Å². The van der Waals surface area contributed by atoms with E-state index in [9.17, 15) is 0 Å². The van der Waals surface area contributed by atoms with E-state index >= 15 is 0 Å². The van der Waals surface area contributed by atoms with Gasteiger partial charge in [0.15, 0.2) is 0 Å². The summed E-state index contributed by atoms with van der Waals surface area (Å²) in [6, 6.07) is 21.5. The zero-order chi connectivity index (χ0) is 21.2. The summed E-state index contributed by atoms with van der Waals surface area (Å²) < 4.78 is 13.9. The first-order valence-corrected chi connectivity index (χ1v) is 11.7. The van der Waals surface area contributed by atoms with Crippen molar-refractivity contribution in [3.8, 4) is 5.75 Å². The average molecular weight is 477 g/mol. The largest absolute Gasteiger partial charge is 0.466 e. The Labute approximate surface area is 191 Å². The van der Waals surface area contributed by atoms with Crippen LogP contribution in [0, 0.1) is 0 Å². The maximum Gasteiger partial charge on any atom is 0.203 e. The molecule has 3 aliphatic heterocycles. The Balaban J connectivity index is 1.51. The molecule has 1 saturated heterocycles. The lowest BCUT2D eigenvalue weighted by Crippen LogP contribution is -2.60. The number of nitrogens with zero attached hydrogens (tertiary/aromatic N) is 2. The molecule has 0 aromatic heterocycles. The number of ether oxygens (including phenoxy) is 2. The van der Waals surface area contributed by atoms with Crippen LogP contribution < -0.4 is 4.74 Å². The Morgan fingerprint density at radius 2 is 1.90 bits per heavy atom. The van der Waals surface area contributed by atoms with Crippen molar-refractivity contribution in [2.75, 3.05) is 6.61 Å². The summed E-state index contributed by atoms with van der Waals surface area (Å²) in [5.41, 5.74) is 2.79. The summed E-state index contributed by atoms with van der Waals surface area (Å²) in [4.78, 5) is 0. The topological polar surface area (TPSA) is 34.1 Å². The van der Waals surface area contributed by atoms with Crippen molar-refractivity contribution in [2.24, 2.45) is 5.10 Å². The highest BCUT2D eigenvalue weighted by Crippen LogP contribution is 2.52. The highest BCUT2D eigenvalue weighted by Gasteiger charge is 2.54. The second kappa shape index (κ2) is 6.81. The molecule has 0 saturated carbocycles. The van der Waals surface area contributed by atoms with E-state index in [-0.39, 0.29) is 11.6 Å². The van der Waals surface area contributed by atoms with Gasteiger partial charge in [0.05, 0.1) is 24.0 Å². The molecular formula is C26H25BrN2O2. The molecule has 0 bridgehead atoms. The normalized spacial score (nSPS) is 26.4. The number of hydrogen-bond acceptors (Lipinski definition) is 4. The van der Waals surface area contributed by atoms with E-state index in [0.29, 0.717) is 6.61 Å². The van der Waals surface area contributed by atoms with Crippen LogP contribution in [0.3, 0.4) is 0 Å². The molecule has 0 amide bonds. The number of hydrazone groups is 1. The minimum absolute atomic E-state index is 0.157. The summed E-state index contributed by atoms with van der Waals surface area (Å²) in [7, 11) is 0. The van der Waals surface area contributed by atoms with Gasteiger partial charge in [0.2, 0.25) is 5.72 Å². The Morgan fingerprint density at radius 3 is 2.77 bits per heavy atom. The highest BCUT2D eigenvalue weighted by molar-refractivity contribution is 9.10. The molecule has 0 N–H and O–H groups in total. The monoisotopic (exact) mass is 476 g/mol. The smallest absolute Gasteiger partial charge is 0.203 e. The summed E-state index contributed by atoms with van der Waals surface area (Å²) in [5.74, 6) is 0.969. The van der Waals surface area contributed by atoms with Gasteiger partial charge in [0.25, 0.3) is 0 Å². The van der Waals surface area contributed by atoms with Gasteiger partial charge in [-0.2, -0.15) is 5.10 Å². The fraction of sp³-hybridized carbons (Fsp3) is 0.346. The third-order valence-electron chi connectivity index (χ3n) is 6.75. The van der Waals surface area contributed by atoms with Crippen LogP contribution in [0.5, 0.6) is 5.75 Å². The van der Waals surface area contributed by atoms with Crippen LogP contribution >= 0.6 is 15.9 Å². The summed E-state index contributed by atoms with van der Waals surface area (Å²) in [6.45, 7) is 4.96. The van der Waals surface area contributed by atoms with Crippen molar-refractivity contribution in [1.29, 1.82) is 0 Å². The minimum atomic E-state index is -0.487. The second-order valence-electron chi connectivity index (χ2n) is 9.40. The average Bonchev–Trinajstić information content (AvgIpc) is 3.20. The van der Waals surface area contributed by atoms with Gasteiger partial charge >= 0.3 is 0 Å². The Bertz CT molecular complexity index is 1220. The molecule has 0 aliphatic carbocycles. The zero-order valence-corrected chi connectivity index (χ0v) is 19.4. The Kier molecular flexibility index (Phi) is 4.25. The first-order chi connectivity index (χ1) is 14.9. The van der Waals surface area contributed by atoms with E-state index in [4.69, 9.17) is 14.6 Å². The third kappa shape index (κ3) is 3.09. The third-order valence-corrected chi connectivity index (χ3v) is 7.24. The van der Waals surface area contributed by atoms with Crippen LogP contribution in [-0.4, -0.2) is 28.7 Å². The van der Waals surface area contributed by atoms with Crippen molar-refractivity contribution in [3.63, 3.8) is 0 Å². The van der Waals surface area contributed by atoms with Crippen LogP contribution in [-0.2, 0) is 4.74 Å². The van der Waals surface area contributed by atoms with E-state index in [1.165, 1.54) is 21.9 Å². The zero-order valence-electron chi connectivity index (χ0n) is 17.8. The molecule has 0 radical (unpaired) electrons. The molecule has 31 heavy (non-hydrogen) atoms. The summed E-state index contributed by atoms with van der Waals surface area (Å²) >= 11 is 3.65. The van der Waals surface area contributed by atoms with Gasteiger partial charge in [0, 0.05) is 34.9 Å². The molecule has 6 rings (SSSR count). The Morgan fingerprint density at radius 1 is 1.06 bits per heavy atom. The number of halogens is 1. The fourth-order valence-electron chi connectivity index (χ4n) is 5.47. The van der Waals surface area contributed by atoms with E-state index in [1.807, 2.05) is 0 Å². The Hall–Kier alpha value is -2.37. The van der Waals surface area contributed by atoms with Crippen molar-refractivity contribution in [1.82, 2.24) is 5.01 Å². The second-order valence-corrected chi connectivity index (χ2v) is 10.3. The highest BCUT2D eigenvalue weighted by atomic mass is 79.9. The molecule has 2 atom stereocenters. The van der Waals surface area contributed by atoms with Gasteiger partial charge in [0.1, 0.15) is 5.75 Å². The molecule has 3 aromatic rings. The molecule has 3 aromatic carbocycles. The fourth-order valence-corrected chi connectivity index (χ4v) is 5.84. The maximum absolute atomic E-state index is 6.75. The molecule has 1 fully saturated rings. The molecule has 4 nitrogen and oxygen atoms in total. The van der Waals surface area contributed by atoms with Crippen molar-refractivity contribution < 1.29 is 9.47 Å². The quantitative estimate of drug-likeness (QED) is 0.405. The summed E-state index contributed by atoms with van der Waals surface area (Å²) in [5, 5.41) is 10.0. The lowest BCUT2D eigenvalue weighted by molar-refractivity contribution is -0.212. The lowest BCUT2D eigenvalue weighted by atomic mass is 9.86. The SMILES string of the molecule is CC1(C)C[C@]2(CCO1)Oc1ccc(Br)cc1[C@H]1CC(c3cccc4ccccc34)=NN12. The first-order valence-electron chi connectivity index (χ1n) is 10.9. The number of hydrogen-bond donors (Lipinski definition) is 0. The maximum atomic E-state index is 6.75. The predicted molar refractivity (Wildman–Crippen MR) is 126 cm³/mol. The van der Waals surface area contributed by atoms with Crippen molar-refractivity contribution >= 4 is 32.4 Å². The van der Waals surface area contributed by atoms with Gasteiger partial charge in [-0.05, 0) is 42.8 Å².